The van der Waals surface area contributed by atoms with Crippen molar-refractivity contribution in [3.63, 3.8) is 0 Å². The molecule has 0 atom stereocenters. The lowest BCUT2D eigenvalue weighted by Crippen LogP contribution is -2.08. The lowest BCUT2D eigenvalue weighted by molar-refractivity contribution is -0.111. The number of hydrogen-bond acceptors (Lipinski definition) is 3. The Hall–Kier alpha value is -3.53. The van der Waals surface area contributed by atoms with E-state index in [9.17, 15) is 4.79 Å². The number of nitrogens with one attached hydrogen (secondary N) is 1. The molecule has 0 saturated heterocycles. The summed E-state index contributed by atoms with van der Waals surface area (Å²) >= 11 is 0. The van der Waals surface area contributed by atoms with Gasteiger partial charge in [-0.15, -0.1) is 0 Å². The van der Waals surface area contributed by atoms with E-state index in [4.69, 9.17) is 9.47 Å². The van der Waals surface area contributed by atoms with Crippen molar-refractivity contribution in [2.24, 2.45) is 0 Å². The maximum Gasteiger partial charge on any atom is 0.248 e. The van der Waals surface area contributed by atoms with Gasteiger partial charge in [-0.2, -0.15) is 0 Å². The van der Waals surface area contributed by atoms with Crippen LogP contribution in [0.25, 0.3) is 6.08 Å². The van der Waals surface area contributed by atoms with Gasteiger partial charge in [-0.25, -0.2) is 0 Å². The zero-order valence-electron chi connectivity index (χ0n) is 16.5. The third-order valence-electron chi connectivity index (χ3n) is 4.38. The Morgan fingerprint density at radius 2 is 1.76 bits per heavy atom. The maximum atomic E-state index is 12.2. The molecule has 1 N–H and O–H groups in total. The average Bonchev–Trinajstić information content (AvgIpc) is 2.76. The van der Waals surface area contributed by atoms with E-state index in [1.54, 1.807) is 13.2 Å². The van der Waals surface area contributed by atoms with Crippen molar-refractivity contribution in [1.82, 2.24) is 0 Å². The summed E-state index contributed by atoms with van der Waals surface area (Å²) in [5, 5.41) is 2.86. The average molecular weight is 387 g/mol. The van der Waals surface area contributed by atoms with Crippen molar-refractivity contribution >= 4 is 17.7 Å². The van der Waals surface area contributed by atoms with Gasteiger partial charge in [0.25, 0.3) is 0 Å². The molecule has 0 fully saturated rings. The summed E-state index contributed by atoms with van der Waals surface area (Å²) in [7, 11) is 1.61. The summed E-state index contributed by atoms with van der Waals surface area (Å²) in [5.41, 5.74) is 2.85. The van der Waals surface area contributed by atoms with Gasteiger partial charge in [-0.3, -0.25) is 4.79 Å². The zero-order chi connectivity index (χ0) is 20.3. The lowest BCUT2D eigenvalue weighted by Gasteiger charge is -2.09. The number of rotatable bonds is 9. The minimum atomic E-state index is -0.211. The standard InChI is InChI=1S/C25H25NO3/c1-28-24-15-6-5-12-21(24)16-17-25(27)26-22-13-7-14-23(19-22)29-18-8-11-20-9-3-2-4-10-20/h2-7,9-10,12-17,19H,8,11,18H2,1H3,(H,26,27)/b17-16+. The fourth-order valence-corrected chi connectivity index (χ4v) is 2.93. The molecule has 3 rings (SSSR count). The summed E-state index contributed by atoms with van der Waals surface area (Å²) in [4.78, 5) is 12.2. The van der Waals surface area contributed by atoms with Crippen LogP contribution < -0.4 is 14.8 Å². The van der Waals surface area contributed by atoms with E-state index in [0.29, 0.717) is 12.3 Å². The van der Waals surface area contributed by atoms with Crippen molar-refractivity contribution < 1.29 is 14.3 Å². The molecule has 0 unspecified atom stereocenters. The first kappa shape index (κ1) is 20.2. The van der Waals surface area contributed by atoms with Crippen molar-refractivity contribution in [3.05, 3.63) is 96.1 Å². The number of hydrogen-bond donors (Lipinski definition) is 1. The topological polar surface area (TPSA) is 47.6 Å². The molecule has 148 valence electrons. The minimum absolute atomic E-state index is 0.211. The summed E-state index contributed by atoms with van der Waals surface area (Å²) in [6.07, 6.45) is 5.14. The molecule has 29 heavy (non-hydrogen) atoms. The summed E-state index contributed by atoms with van der Waals surface area (Å²) < 4.78 is 11.1. The molecule has 4 heteroatoms. The van der Waals surface area contributed by atoms with Gasteiger partial charge in [-0.05, 0) is 42.7 Å². The first-order valence-corrected chi connectivity index (χ1v) is 9.63. The Bertz CT molecular complexity index is 951. The highest BCUT2D eigenvalue weighted by molar-refractivity contribution is 6.02. The third kappa shape index (κ3) is 6.54. The third-order valence-corrected chi connectivity index (χ3v) is 4.38. The van der Waals surface area contributed by atoms with Crippen LogP contribution in [0.1, 0.15) is 17.5 Å². The second-order valence-corrected chi connectivity index (χ2v) is 6.53. The molecule has 0 aliphatic heterocycles. The molecule has 0 saturated carbocycles. The van der Waals surface area contributed by atoms with Crippen LogP contribution in [0.4, 0.5) is 5.69 Å². The Labute approximate surface area is 171 Å². The number of benzene rings is 3. The predicted octanol–water partition coefficient (Wildman–Crippen LogP) is 5.36. The number of ether oxygens (including phenoxy) is 2. The van der Waals surface area contributed by atoms with Crippen molar-refractivity contribution in [1.29, 1.82) is 0 Å². The molecule has 3 aromatic rings. The molecule has 0 aromatic heterocycles. The van der Waals surface area contributed by atoms with Crippen molar-refractivity contribution in [3.8, 4) is 11.5 Å². The van der Waals surface area contributed by atoms with Gasteiger partial charge < -0.3 is 14.8 Å². The molecular formula is C25H25NO3. The molecule has 1 amide bonds. The van der Waals surface area contributed by atoms with Gasteiger partial charge in [0.1, 0.15) is 11.5 Å². The molecule has 0 bridgehead atoms. The Balaban J connectivity index is 1.50. The van der Waals surface area contributed by atoms with E-state index in [-0.39, 0.29) is 5.91 Å². The smallest absolute Gasteiger partial charge is 0.248 e. The molecule has 0 spiro atoms. The van der Waals surface area contributed by atoms with Gasteiger partial charge in [0.2, 0.25) is 5.91 Å². The van der Waals surface area contributed by atoms with E-state index in [2.05, 4.69) is 17.4 Å². The van der Waals surface area contributed by atoms with Crippen LogP contribution in [-0.2, 0) is 11.2 Å². The number of aryl methyl sites for hydroxylation is 1. The number of carbonyl (C=O) groups is 1. The molecule has 0 aliphatic rings. The Morgan fingerprint density at radius 1 is 0.966 bits per heavy atom. The SMILES string of the molecule is COc1ccccc1/C=C/C(=O)Nc1cccc(OCCCc2ccccc2)c1. The van der Waals surface area contributed by atoms with Crippen LogP contribution >= 0.6 is 0 Å². The second-order valence-electron chi connectivity index (χ2n) is 6.53. The van der Waals surface area contributed by atoms with E-state index in [1.165, 1.54) is 11.6 Å². The van der Waals surface area contributed by atoms with Crippen LogP contribution in [0.3, 0.4) is 0 Å². The minimum Gasteiger partial charge on any atom is -0.496 e. The first-order valence-electron chi connectivity index (χ1n) is 9.63. The number of para-hydroxylation sites is 1. The molecule has 0 aliphatic carbocycles. The van der Waals surface area contributed by atoms with Gasteiger partial charge in [0.05, 0.1) is 13.7 Å². The number of carbonyl (C=O) groups excluding carboxylic acids is 1. The molecule has 0 radical (unpaired) electrons. The van der Waals surface area contributed by atoms with Crippen molar-refractivity contribution in [2.45, 2.75) is 12.8 Å². The molecular weight excluding hydrogens is 362 g/mol. The normalized spacial score (nSPS) is 10.7. The van der Waals surface area contributed by atoms with Crippen LogP contribution in [-0.4, -0.2) is 19.6 Å². The highest BCUT2D eigenvalue weighted by atomic mass is 16.5. The van der Waals surface area contributed by atoms with Gasteiger partial charge >= 0.3 is 0 Å². The fourth-order valence-electron chi connectivity index (χ4n) is 2.93. The molecule has 3 aromatic carbocycles. The fraction of sp³-hybridized carbons (Fsp3) is 0.160. The maximum absolute atomic E-state index is 12.2. The quantitative estimate of drug-likeness (QED) is 0.397. The number of amides is 1. The summed E-state index contributed by atoms with van der Waals surface area (Å²) in [5.74, 6) is 1.25. The van der Waals surface area contributed by atoms with Crippen LogP contribution in [0.5, 0.6) is 11.5 Å². The predicted molar refractivity (Wildman–Crippen MR) is 117 cm³/mol. The van der Waals surface area contributed by atoms with E-state index >= 15 is 0 Å². The number of methoxy groups -OCH3 is 1. The van der Waals surface area contributed by atoms with Crippen LogP contribution in [0.2, 0.25) is 0 Å². The van der Waals surface area contributed by atoms with Gasteiger partial charge in [0.15, 0.2) is 0 Å². The Morgan fingerprint density at radius 3 is 2.59 bits per heavy atom. The monoisotopic (exact) mass is 387 g/mol. The van der Waals surface area contributed by atoms with Crippen LogP contribution in [0, 0.1) is 0 Å². The Kier molecular flexibility index (Phi) is 7.47. The number of anilines is 1. The molecule has 0 heterocycles. The largest absolute Gasteiger partial charge is 0.496 e. The highest BCUT2D eigenvalue weighted by Gasteiger charge is 2.02. The van der Waals surface area contributed by atoms with Crippen molar-refractivity contribution in [2.75, 3.05) is 19.0 Å². The molecule has 4 nitrogen and oxygen atoms in total. The summed E-state index contributed by atoms with van der Waals surface area (Å²) in [6, 6.07) is 25.3. The zero-order valence-corrected chi connectivity index (χ0v) is 16.5. The van der Waals surface area contributed by atoms with Gasteiger partial charge in [0, 0.05) is 23.4 Å². The van der Waals surface area contributed by atoms with Gasteiger partial charge in [-0.1, -0.05) is 54.6 Å². The first-order chi connectivity index (χ1) is 14.2. The lowest BCUT2D eigenvalue weighted by atomic mass is 10.1. The van der Waals surface area contributed by atoms with E-state index in [1.807, 2.05) is 66.7 Å². The van der Waals surface area contributed by atoms with E-state index in [0.717, 1.165) is 29.9 Å². The summed E-state index contributed by atoms with van der Waals surface area (Å²) in [6.45, 7) is 0.625. The van der Waals surface area contributed by atoms with Crippen LogP contribution in [0.15, 0.2) is 84.9 Å². The highest BCUT2D eigenvalue weighted by Crippen LogP contribution is 2.20. The van der Waals surface area contributed by atoms with E-state index < -0.39 is 0 Å². The second kappa shape index (κ2) is 10.7.